The number of nitrogens with two attached hydrogens (primary N) is 1. The van der Waals surface area contributed by atoms with Crippen LogP contribution in [-0.2, 0) is 23.0 Å². The molecule has 4 rings (SSSR count). The monoisotopic (exact) mass is 520 g/mol. The highest BCUT2D eigenvalue weighted by atomic mass is 32.2. The Bertz CT molecular complexity index is 1340. The summed E-state index contributed by atoms with van der Waals surface area (Å²) >= 11 is 0. The lowest BCUT2D eigenvalue weighted by Crippen LogP contribution is -2.43. The number of aryl methyl sites for hydroxylation is 1. The van der Waals surface area contributed by atoms with Crippen molar-refractivity contribution < 1.29 is 13.2 Å². The number of hydrogen-bond donors (Lipinski definition) is 3. The minimum Gasteiger partial charge on any atom is -0.380 e. The molecule has 1 atom stereocenters. The van der Waals surface area contributed by atoms with Crippen LogP contribution in [0.5, 0.6) is 0 Å². The molecule has 8 heteroatoms. The predicted octanol–water partition coefficient (Wildman–Crippen LogP) is 4.46. The molecule has 3 aromatic carbocycles. The van der Waals surface area contributed by atoms with Gasteiger partial charge >= 0.3 is 0 Å². The third-order valence-corrected chi connectivity index (χ3v) is 8.19. The van der Waals surface area contributed by atoms with Crippen molar-refractivity contribution in [1.82, 2.24) is 9.62 Å². The zero-order chi connectivity index (χ0) is 26.6. The highest BCUT2D eigenvalue weighted by molar-refractivity contribution is 7.89. The van der Waals surface area contributed by atoms with Crippen LogP contribution in [0.1, 0.15) is 60.3 Å². The first-order valence-electron chi connectivity index (χ1n) is 12.7. The van der Waals surface area contributed by atoms with Gasteiger partial charge in [-0.2, -0.15) is 0 Å². The van der Waals surface area contributed by atoms with Crippen LogP contribution in [0.4, 0.5) is 5.69 Å². The summed E-state index contributed by atoms with van der Waals surface area (Å²) < 4.78 is 29.5. The summed E-state index contributed by atoms with van der Waals surface area (Å²) in [6, 6.07) is 21.7. The van der Waals surface area contributed by atoms with Gasteiger partial charge in [-0.05, 0) is 73.7 Å². The van der Waals surface area contributed by atoms with E-state index in [0.717, 1.165) is 28.8 Å². The van der Waals surface area contributed by atoms with E-state index < -0.39 is 16.1 Å². The van der Waals surface area contributed by atoms with Crippen LogP contribution < -0.4 is 15.8 Å². The lowest BCUT2D eigenvalue weighted by Gasteiger charge is -2.39. The van der Waals surface area contributed by atoms with Crippen LogP contribution in [0.15, 0.2) is 77.7 Å². The largest absolute Gasteiger partial charge is 0.380 e. The zero-order valence-corrected chi connectivity index (χ0v) is 22.5. The third-order valence-electron chi connectivity index (χ3n) is 6.70. The second-order valence-electron chi connectivity index (χ2n) is 10.2. The molecule has 0 bridgehead atoms. The van der Waals surface area contributed by atoms with Gasteiger partial charge in [0.25, 0.3) is 5.91 Å². The van der Waals surface area contributed by atoms with Gasteiger partial charge in [0.05, 0.1) is 10.9 Å². The lowest BCUT2D eigenvalue weighted by atomic mass is 9.85. The van der Waals surface area contributed by atoms with Crippen molar-refractivity contribution in [3.8, 4) is 0 Å². The maximum Gasteiger partial charge on any atom is 0.254 e. The lowest BCUT2D eigenvalue weighted by molar-refractivity contribution is 0.0748. The van der Waals surface area contributed by atoms with Crippen molar-refractivity contribution >= 4 is 21.6 Å². The summed E-state index contributed by atoms with van der Waals surface area (Å²) in [5, 5.41) is 3.49. The van der Waals surface area contributed by atoms with Crippen LogP contribution in [-0.4, -0.2) is 37.9 Å². The summed E-state index contributed by atoms with van der Waals surface area (Å²) in [5.74, 6) is -0.140. The van der Waals surface area contributed by atoms with Crippen LogP contribution in [0.3, 0.4) is 0 Å². The van der Waals surface area contributed by atoms with Crippen molar-refractivity contribution in [3.05, 3.63) is 95.1 Å². The van der Waals surface area contributed by atoms with Gasteiger partial charge in [0, 0.05) is 36.4 Å². The number of nitrogens with zero attached hydrogens (tertiary/aromatic N) is 1. The van der Waals surface area contributed by atoms with Crippen molar-refractivity contribution in [2.75, 3.05) is 18.4 Å². The Morgan fingerprint density at radius 1 is 1.05 bits per heavy atom. The van der Waals surface area contributed by atoms with Gasteiger partial charge in [0.15, 0.2) is 0 Å². The normalized spacial score (nSPS) is 16.5. The van der Waals surface area contributed by atoms with Crippen molar-refractivity contribution in [2.45, 2.75) is 56.6 Å². The molecule has 0 radical (unpaired) electrons. The van der Waals surface area contributed by atoms with E-state index in [1.54, 1.807) is 23.1 Å². The van der Waals surface area contributed by atoms with E-state index in [0.29, 0.717) is 31.6 Å². The number of amides is 1. The molecule has 0 aromatic heterocycles. The van der Waals surface area contributed by atoms with Crippen molar-refractivity contribution in [2.24, 2.45) is 5.73 Å². The molecule has 0 saturated carbocycles. The van der Waals surface area contributed by atoms with Gasteiger partial charge in [0.2, 0.25) is 10.0 Å². The highest BCUT2D eigenvalue weighted by Crippen LogP contribution is 2.39. The van der Waals surface area contributed by atoms with Crippen LogP contribution in [0.2, 0.25) is 0 Å². The van der Waals surface area contributed by atoms with Crippen LogP contribution in [0.25, 0.3) is 0 Å². The molecular weight excluding hydrogens is 484 g/mol. The molecule has 0 spiro atoms. The van der Waals surface area contributed by atoms with E-state index in [9.17, 15) is 13.2 Å². The molecule has 3 aromatic rings. The van der Waals surface area contributed by atoms with E-state index in [1.165, 1.54) is 0 Å². The molecule has 0 saturated heterocycles. The fourth-order valence-corrected chi connectivity index (χ4v) is 6.01. The van der Waals surface area contributed by atoms with Gasteiger partial charge in [-0.15, -0.1) is 0 Å². The summed E-state index contributed by atoms with van der Waals surface area (Å²) in [5.41, 5.74) is 9.66. The predicted molar refractivity (Wildman–Crippen MR) is 148 cm³/mol. The molecule has 1 aliphatic heterocycles. The second kappa shape index (κ2) is 11.0. The van der Waals surface area contributed by atoms with Gasteiger partial charge < -0.3 is 16.0 Å². The molecule has 1 aliphatic rings. The van der Waals surface area contributed by atoms with E-state index in [1.807, 2.05) is 75.4 Å². The van der Waals surface area contributed by atoms with Crippen LogP contribution in [0, 0.1) is 0 Å². The molecule has 37 heavy (non-hydrogen) atoms. The van der Waals surface area contributed by atoms with E-state index in [2.05, 4.69) is 10.0 Å². The minimum atomic E-state index is -3.77. The summed E-state index contributed by atoms with van der Waals surface area (Å²) in [4.78, 5) is 15.5. The Balaban J connectivity index is 1.64. The maximum atomic E-state index is 13.5. The van der Waals surface area contributed by atoms with Crippen molar-refractivity contribution in [3.63, 3.8) is 0 Å². The molecule has 196 valence electrons. The second-order valence-corrected chi connectivity index (χ2v) is 11.9. The molecule has 7 nitrogen and oxygen atoms in total. The third kappa shape index (κ3) is 6.39. The molecule has 1 heterocycles. The average molecular weight is 521 g/mol. The Hall–Kier alpha value is -3.20. The van der Waals surface area contributed by atoms with Gasteiger partial charge in [-0.1, -0.05) is 49.4 Å². The number of nitrogens with one attached hydrogen (secondary N) is 2. The standard InChI is InChI=1S/C29H36N4O3S/c1-4-21-10-13-24(14-11-21)37(35,36)32-27-19-29(2,3)31-26-15-12-23(18-25(26)27)28(34)33(17-16-30)20-22-8-6-5-7-9-22/h5-15,18,27,31-32H,4,16-17,19-20,30H2,1-3H3. The van der Waals surface area contributed by atoms with E-state index >= 15 is 0 Å². The highest BCUT2D eigenvalue weighted by Gasteiger charge is 2.35. The molecule has 1 amide bonds. The summed E-state index contributed by atoms with van der Waals surface area (Å²) in [7, 11) is -3.77. The minimum absolute atomic E-state index is 0.140. The fourth-order valence-electron chi connectivity index (χ4n) is 4.79. The first kappa shape index (κ1) is 26.9. The number of hydrogen-bond acceptors (Lipinski definition) is 5. The number of carbonyl (C=O) groups is 1. The number of sulfonamides is 1. The van der Waals surface area contributed by atoms with Gasteiger partial charge in [0.1, 0.15) is 0 Å². The maximum absolute atomic E-state index is 13.5. The Morgan fingerprint density at radius 3 is 2.41 bits per heavy atom. The average Bonchev–Trinajstić information content (AvgIpc) is 2.87. The van der Waals surface area contributed by atoms with Gasteiger partial charge in [-0.3, -0.25) is 4.79 Å². The quantitative estimate of drug-likeness (QED) is 0.386. The first-order valence-corrected chi connectivity index (χ1v) is 14.2. The SMILES string of the molecule is CCc1ccc(S(=O)(=O)NC2CC(C)(C)Nc3ccc(C(=O)N(CCN)Cc4ccccc4)cc32)cc1. The molecule has 0 aliphatic carbocycles. The summed E-state index contributed by atoms with van der Waals surface area (Å²) in [6.07, 6.45) is 1.37. The fraction of sp³-hybridized carbons (Fsp3) is 0.345. The number of anilines is 1. The van der Waals surface area contributed by atoms with Gasteiger partial charge in [-0.25, -0.2) is 13.1 Å². The van der Waals surface area contributed by atoms with Crippen molar-refractivity contribution in [1.29, 1.82) is 0 Å². The Kier molecular flexibility index (Phi) is 8.02. The first-order chi connectivity index (χ1) is 17.6. The molecular formula is C29H36N4O3S. The Labute approximate surface area is 220 Å². The number of fused-ring (bicyclic) bond motifs is 1. The summed E-state index contributed by atoms with van der Waals surface area (Å²) in [6.45, 7) is 7.31. The van der Waals surface area contributed by atoms with E-state index in [-0.39, 0.29) is 16.3 Å². The molecule has 1 unspecified atom stereocenters. The topological polar surface area (TPSA) is 105 Å². The number of benzene rings is 3. The number of carbonyl (C=O) groups excluding carboxylic acids is 1. The zero-order valence-electron chi connectivity index (χ0n) is 21.7. The number of rotatable bonds is 9. The smallest absolute Gasteiger partial charge is 0.254 e. The Morgan fingerprint density at radius 2 is 1.76 bits per heavy atom. The van der Waals surface area contributed by atoms with E-state index in [4.69, 9.17) is 5.73 Å². The molecule has 4 N–H and O–H groups in total. The van der Waals surface area contributed by atoms with Crippen LogP contribution >= 0.6 is 0 Å². The molecule has 0 fully saturated rings.